The third-order valence-electron chi connectivity index (χ3n) is 1.71. The lowest BCUT2D eigenvalue weighted by molar-refractivity contribution is -0.385. The van der Waals surface area contributed by atoms with Crippen molar-refractivity contribution in [2.45, 2.75) is 0 Å². The normalized spacial score (nSPS) is 9.86. The van der Waals surface area contributed by atoms with Crippen molar-refractivity contribution in [3.05, 3.63) is 44.9 Å². The molecule has 0 fully saturated rings. The first-order chi connectivity index (χ1) is 6.56. The molecule has 0 aliphatic carbocycles. The van der Waals surface area contributed by atoms with Crippen LogP contribution in [-0.4, -0.2) is 10.8 Å². The number of hydrogen-bond donors (Lipinski definition) is 0. The van der Waals surface area contributed by atoms with Gasteiger partial charge in [-0.25, -0.2) is 0 Å². The summed E-state index contributed by atoms with van der Waals surface area (Å²) < 4.78 is 0.452. The first kappa shape index (κ1) is 11.2. The molecule has 0 unspecified atom stereocenters. The number of rotatable bonds is 3. The average molecular weight is 277 g/mol. The second-order valence-corrected chi connectivity index (χ2v) is 3.78. The van der Waals surface area contributed by atoms with Gasteiger partial charge in [-0.3, -0.25) is 10.1 Å². The summed E-state index contributed by atoms with van der Waals surface area (Å²) in [5, 5.41) is 10.6. The van der Waals surface area contributed by atoms with Crippen LogP contribution >= 0.6 is 27.5 Å². The third-order valence-corrected chi connectivity index (χ3v) is 2.71. The summed E-state index contributed by atoms with van der Waals surface area (Å²) in [6.45, 7) is 3.70. The Balaban J connectivity index is 3.19. The standard InChI is InChI=1S/C9H7BrClNO2/c1-6(5-11)7-2-3-8(10)9(4-7)12(13)14/h2-4H,1,5H2. The largest absolute Gasteiger partial charge is 0.284 e. The van der Waals surface area contributed by atoms with Crippen LogP contribution in [0.4, 0.5) is 5.69 Å². The summed E-state index contributed by atoms with van der Waals surface area (Å²) >= 11 is 8.67. The van der Waals surface area contributed by atoms with Gasteiger partial charge in [-0.05, 0) is 33.1 Å². The molecule has 14 heavy (non-hydrogen) atoms. The molecule has 0 aliphatic heterocycles. The van der Waals surface area contributed by atoms with E-state index in [4.69, 9.17) is 11.6 Å². The van der Waals surface area contributed by atoms with Crippen molar-refractivity contribution in [3.8, 4) is 0 Å². The van der Waals surface area contributed by atoms with E-state index in [0.29, 0.717) is 15.6 Å². The average Bonchev–Trinajstić information content (AvgIpc) is 2.17. The third kappa shape index (κ3) is 2.33. The lowest BCUT2D eigenvalue weighted by atomic mass is 10.1. The summed E-state index contributed by atoms with van der Waals surface area (Å²) in [7, 11) is 0. The summed E-state index contributed by atoms with van der Waals surface area (Å²) in [5.41, 5.74) is 1.38. The Morgan fingerprint density at radius 1 is 1.64 bits per heavy atom. The zero-order chi connectivity index (χ0) is 10.7. The van der Waals surface area contributed by atoms with Crippen LogP contribution in [0, 0.1) is 10.1 Å². The molecule has 3 nitrogen and oxygen atoms in total. The highest BCUT2D eigenvalue weighted by atomic mass is 79.9. The lowest BCUT2D eigenvalue weighted by Gasteiger charge is -2.02. The molecular weight excluding hydrogens is 269 g/mol. The Bertz CT molecular complexity index is 392. The molecule has 0 saturated heterocycles. The highest BCUT2D eigenvalue weighted by Crippen LogP contribution is 2.28. The van der Waals surface area contributed by atoms with Gasteiger partial charge in [0.2, 0.25) is 0 Å². The molecule has 0 radical (unpaired) electrons. The number of nitrogens with zero attached hydrogens (tertiary/aromatic N) is 1. The van der Waals surface area contributed by atoms with Crippen molar-refractivity contribution in [2.75, 3.05) is 5.88 Å². The van der Waals surface area contributed by atoms with Gasteiger partial charge >= 0.3 is 0 Å². The van der Waals surface area contributed by atoms with Gasteiger partial charge in [0.1, 0.15) is 0 Å². The maximum Gasteiger partial charge on any atom is 0.284 e. The number of nitro benzene ring substituents is 1. The van der Waals surface area contributed by atoms with E-state index >= 15 is 0 Å². The molecule has 0 aromatic heterocycles. The Hall–Kier alpha value is -0.870. The van der Waals surface area contributed by atoms with Crippen molar-refractivity contribution in [3.63, 3.8) is 0 Å². The van der Waals surface area contributed by atoms with Crippen LogP contribution in [0.25, 0.3) is 5.57 Å². The number of benzene rings is 1. The Kier molecular flexibility index (Phi) is 3.66. The van der Waals surface area contributed by atoms with E-state index in [-0.39, 0.29) is 11.6 Å². The van der Waals surface area contributed by atoms with Crippen molar-refractivity contribution in [1.82, 2.24) is 0 Å². The molecule has 0 aliphatic rings. The molecule has 0 amide bonds. The van der Waals surface area contributed by atoms with E-state index in [1.807, 2.05) is 0 Å². The van der Waals surface area contributed by atoms with Gasteiger partial charge in [0.15, 0.2) is 0 Å². The zero-order valence-electron chi connectivity index (χ0n) is 7.17. The summed E-state index contributed by atoms with van der Waals surface area (Å²) in [6.07, 6.45) is 0. The van der Waals surface area contributed by atoms with E-state index in [1.54, 1.807) is 12.1 Å². The van der Waals surface area contributed by atoms with Crippen LogP contribution in [-0.2, 0) is 0 Å². The van der Waals surface area contributed by atoms with Gasteiger partial charge in [-0.2, -0.15) is 0 Å². The van der Waals surface area contributed by atoms with Gasteiger partial charge in [0, 0.05) is 11.9 Å². The fraction of sp³-hybridized carbons (Fsp3) is 0.111. The molecule has 0 saturated carbocycles. The zero-order valence-corrected chi connectivity index (χ0v) is 9.51. The van der Waals surface area contributed by atoms with Gasteiger partial charge in [-0.15, -0.1) is 11.6 Å². The Morgan fingerprint density at radius 3 is 2.79 bits per heavy atom. The van der Waals surface area contributed by atoms with Crippen molar-refractivity contribution in [2.24, 2.45) is 0 Å². The highest BCUT2D eigenvalue weighted by molar-refractivity contribution is 9.10. The molecule has 0 N–H and O–H groups in total. The summed E-state index contributed by atoms with van der Waals surface area (Å²) in [5.74, 6) is 0.263. The van der Waals surface area contributed by atoms with Crippen LogP contribution in [0.1, 0.15) is 5.56 Å². The predicted octanol–water partition coefficient (Wildman–Crippen LogP) is 3.61. The topological polar surface area (TPSA) is 43.1 Å². The van der Waals surface area contributed by atoms with E-state index in [2.05, 4.69) is 22.5 Å². The maximum absolute atomic E-state index is 10.6. The number of nitro groups is 1. The first-order valence-corrected chi connectivity index (χ1v) is 5.07. The molecule has 0 spiro atoms. The molecule has 0 heterocycles. The van der Waals surface area contributed by atoms with Crippen LogP contribution < -0.4 is 0 Å². The van der Waals surface area contributed by atoms with Crippen molar-refractivity contribution >= 4 is 38.8 Å². The fourth-order valence-corrected chi connectivity index (χ4v) is 1.50. The SMILES string of the molecule is C=C(CCl)c1ccc(Br)c([N+](=O)[O-])c1. The lowest BCUT2D eigenvalue weighted by Crippen LogP contribution is -1.92. The van der Waals surface area contributed by atoms with Crippen molar-refractivity contribution in [1.29, 1.82) is 0 Å². The van der Waals surface area contributed by atoms with Gasteiger partial charge in [0.05, 0.1) is 9.40 Å². The number of alkyl halides is 1. The highest BCUT2D eigenvalue weighted by Gasteiger charge is 2.12. The minimum atomic E-state index is -0.449. The Labute approximate surface area is 94.7 Å². The first-order valence-electron chi connectivity index (χ1n) is 3.74. The van der Waals surface area contributed by atoms with Gasteiger partial charge in [0.25, 0.3) is 5.69 Å². The number of halogens is 2. The Morgan fingerprint density at radius 2 is 2.29 bits per heavy atom. The van der Waals surface area contributed by atoms with Gasteiger partial charge < -0.3 is 0 Å². The van der Waals surface area contributed by atoms with E-state index in [9.17, 15) is 10.1 Å². The quantitative estimate of drug-likeness (QED) is 0.481. The minimum Gasteiger partial charge on any atom is -0.258 e. The molecule has 1 rings (SSSR count). The van der Waals surface area contributed by atoms with Crippen LogP contribution in [0.15, 0.2) is 29.3 Å². The molecule has 5 heteroatoms. The molecule has 74 valence electrons. The summed E-state index contributed by atoms with van der Waals surface area (Å²) in [6, 6.07) is 4.81. The second kappa shape index (κ2) is 4.57. The minimum absolute atomic E-state index is 0.0220. The predicted molar refractivity (Wildman–Crippen MR) is 60.6 cm³/mol. The smallest absolute Gasteiger partial charge is 0.258 e. The molecule has 1 aromatic rings. The second-order valence-electron chi connectivity index (χ2n) is 2.66. The van der Waals surface area contributed by atoms with E-state index in [0.717, 1.165) is 0 Å². The number of hydrogen-bond acceptors (Lipinski definition) is 2. The summed E-state index contributed by atoms with van der Waals surface area (Å²) in [4.78, 5) is 10.1. The van der Waals surface area contributed by atoms with Crippen LogP contribution in [0.3, 0.4) is 0 Å². The molecule has 0 atom stereocenters. The maximum atomic E-state index is 10.6. The molecular formula is C9H7BrClNO2. The molecule has 0 bridgehead atoms. The van der Waals surface area contributed by atoms with E-state index < -0.39 is 4.92 Å². The fourth-order valence-electron chi connectivity index (χ4n) is 0.950. The monoisotopic (exact) mass is 275 g/mol. The van der Waals surface area contributed by atoms with Gasteiger partial charge in [-0.1, -0.05) is 12.6 Å². The van der Waals surface area contributed by atoms with Crippen LogP contribution in [0.2, 0.25) is 0 Å². The van der Waals surface area contributed by atoms with Crippen molar-refractivity contribution < 1.29 is 4.92 Å². The number of allylic oxidation sites excluding steroid dienone is 1. The molecule has 1 aromatic carbocycles. The van der Waals surface area contributed by atoms with Crippen LogP contribution in [0.5, 0.6) is 0 Å². The van der Waals surface area contributed by atoms with E-state index in [1.165, 1.54) is 6.07 Å².